The fourth-order valence-corrected chi connectivity index (χ4v) is 3.84. The summed E-state index contributed by atoms with van der Waals surface area (Å²) in [5, 5.41) is 0. The monoisotopic (exact) mass is 639 g/mol. The molecule has 2 aliphatic carbocycles. The summed E-state index contributed by atoms with van der Waals surface area (Å²) in [7, 11) is 0. The molecular weight excluding hydrogens is 549 g/mol. The van der Waals surface area contributed by atoms with Crippen molar-refractivity contribution >= 4 is 12.6 Å². The van der Waals surface area contributed by atoms with Crippen molar-refractivity contribution in [2.45, 2.75) is 189 Å². The Morgan fingerprint density at radius 3 is 1.64 bits per heavy atom. The average molecular weight is 639 g/mol. The van der Waals surface area contributed by atoms with Gasteiger partial charge in [0.15, 0.2) is 0 Å². The molecular formula is C43H90S. The lowest BCUT2D eigenvalue weighted by Gasteiger charge is -2.20. The largest absolute Gasteiger partial charge is 0.183 e. The lowest BCUT2D eigenvalue weighted by atomic mass is 9.85. The molecule has 1 saturated carbocycles. The predicted molar refractivity (Wildman–Crippen MR) is 219 cm³/mol. The minimum Gasteiger partial charge on any atom is -0.183 e. The van der Waals surface area contributed by atoms with Gasteiger partial charge in [-0.3, -0.25) is 0 Å². The predicted octanol–water partition coefficient (Wildman–Crippen LogP) is 16.4. The highest BCUT2D eigenvalue weighted by Crippen LogP contribution is 2.32. The van der Waals surface area contributed by atoms with Gasteiger partial charge in [-0.15, -0.1) is 6.58 Å². The third-order valence-corrected chi connectivity index (χ3v) is 7.47. The van der Waals surface area contributed by atoms with Gasteiger partial charge in [0.1, 0.15) is 0 Å². The Morgan fingerprint density at radius 2 is 1.36 bits per heavy atom. The van der Waals surface area contributed by atoms with Crippen molar-refractivity contribution in [1.29, 1.82) is 0 Å². The molecule has 0 aromatic heterocycles. The van der Waals surface area contributed by atoms with Crippen LogP contribution in [0.15, 0.2) is 48.6 Å². The van der Waals surface area contributed by atoms with E-state index in [2.05, 4.69) is 135 Å². The van der Waals surface area contributed by atoms with Gasteiger partial charge in [0.05, 0.1) is 0 Å². The van der Waals surface area contributed by atoms with Crippen LogP contribution in [0.3, 0.4) is 0 Å². The summed E-state index contributed by atoms with van der Waals surface area (Å²) < 4.78 is 0. The van der Waals surface area contributed by atoms with E-state index in [4.69, 9.17) is 0 Å². The maximum absolute atomic E-state index is 4.27. The summed E-state index contributed by atoms with van der Waals surface area (Å²) >= 11 is 3.53. The Morgan fingerprint density at radius 1 is 0.932 bits per heavy atom. The summed E-state index contributed by atoms with van der Waals surface area (Å²) in [4.78, 5) is 0. The first-order chi connectivity index (χ1) is 19.8. The van der Waals surface area contributed by atoms with Gasteiger partial charge in [-0.25, -0.2) is 0 Å². The van der Waals surface area contributed by atoms with Crippen molar-refractivity contribution in [3.05, 3.63) is 48.6 Å². The fourth-order valence-electron chi connectivity index (χ4n) is 3.84. The van der Waals surface area contributed by atoms with Crippen LogP contribution >= 0.6 is 12.6 Å². The summed E-state index contributed by atoms with van der Waals surface area (Å²) in [6.07, 6.45) is 20.4. The van der Waals surface area contributed by atoms with Crippen LogP contribution in [0.2, 0.25) is 0 Å². The molecule has 0 spiro atoms. The van der Waals surface area contributed by atoms with Crippen LogP contribution in [0.25, 0.3) is 0 Å². The van der Waals surface area contributed by atoms with Gasteiger partial charge in [-0.1, -0.05) is 185 Å². The SMILES string of the molecule is C.C=C(C)CC.C=C1C=CCCC(C(=C)CC(C)CC)C1.CC.CC(C)(C)C.CCC(C)(C)C.CCC1CCC(C)C1.CS. The van der Waals surface area contributed by atoms with Crippen molar-refractivity contribution in [2.24, 2.45) is 34.5 Å². The molecule has 0 amide bonds. The summed E-state index contributed by atoms with van der Waals surface area (Å²) in [5.41, 5.74) is 5.00. The van der Waals surface area contributed by atoms with E-state index in [1.165, 1.54) is 74.5 Å². The zero-order valence-corrected chi connectivity index (χ0v) is 34.2. The summed E-state index contributed by atoms with van der Waals surface area (Å²) in [5.74, 6) is 3.55. The van der Waals surface area contributed by atoms with Crippen LogP contribution in [0.5, 0.6) is 0 Å². The minimum atomic E-state index is 0. The standard InChI is InChI=1S/C15H24.C8H16.C6H14.C5H12.C5H10.C2H6.CH4S.CH4/c1-5-12(2)10-14(4)15-9-7-6-8-13(3)11-15;1-3-8-5-4-7(2)6-8;1-5-6(2,3)4;1-5(2,3)4;1-4-5(2)3;2*1-2;/h6,8,12,15H,3-5,7,9-11H2,1-2H3;7-8H,3-6H2,1-2H3;5H2,1-4H3;1-4H3;2,4H2,1,3H3;1-2H3;2H,1H3;1H4. The van der Waals surface area contributed by atoms with Crippen LogP contribution in [0.1, 0.15) is 189 Å². The van der Waals surface area contributed by atoms with Crippen molar-refractivity contribution in [2.75, 3.05) is 6.26 Å². The molecule has 0 bridgehead atoms. The van der Waals surface area contributed by atoms with Crippen molar-refractivity contribution in [3.8, 4) is 0 Å². The van der Waals surface area contributed by atoms with Crippen molar-refractivity contribution < 1.29 is 0 Å². The second-order valence-electron chi connectivity index (χ2n) is 15.3. The van der Waals surface area contributed by atoms with Crippen LogP contribution < -0.4 is 0 Å². The number of rotatable bonds is 6. The molecule has 0 radical (unpaired) electrons. The van der Waals surface area contributed by atoms with Gasteiger partial charge in [-0.2, -0.15) is 12.6 Å². The van der Waals surface area contributed by atoms with E-state index in [1.807, 2.05) is 20.8 Å². The molecule has 4 atom stereocenters. The lowest BCUT2D eigenvalue weighted by molar-refractivity contribution is 0.398. The highest BCUT2D eigenvalue weighted by molar-refractivity contribution is 7.79. The van der Waals surface area contributed by atoms with E-state index < -0.39 is 0 Å². The van der Waals surface area contributed by atoms with Gasteiger partial charge in [0.25, 0.3) is 0 Å². The Kier molecular flexibility index (Phi) is 44.5. The van der Waals surface area contributed by atoms with E-state index in [0.29, 0.717) is 16.7 Å². The number of hydrogen-bond donors (Lipinski definition) is 1. The fraction of sp³-hybridized carbons (Fsp3) is 0.814. The molecule has 0 aliphatic heterocycles. The Labute approximate surface area is 289 Å². The Hall–Kier alpha value is -0.690. The second kappa shape index (κ2) is 35.2. The van der Waals surface area contributed by atoms with Crippen molar-refractivity contribution in [3.63, 3.8) is 0 Å². The van der Waals surface area contributed by atoms with Crippen LogP contribution in [0, 0.1) is 34.5 Å². The Bertz CT molecular complexity index is 645. The van der Waals surface area contributed by atoms with Gasteiger partial charge in [0.2, 0.25) is 0 Å². The molecule has 0 aromatic carbocycles. The first-order valence-corrected chi connectivity index (χ1v) is 18.8. The maximum Gasteiger partial charge on any atom is -0.0163 e. The van der Waals surface area contributed by atoms with Crippen molar-refractivity contribution in [1.82, 2.24) is 0 Å². The molecule has 0 aromatic rings. The van der Waals surface area contributed by atoms with Gasteiger partial charge in [-0.05, 0) is 86.2 Å². The van der Waals surface area contributed by atoms with Crippen LogP contribution in [-0.2, 0) is 0 Å². The van der Waals surface area contributed by atoms with Gasteiger partial charge in [0, 0.05) is 0 Å². The van der Waals surface area contributed by atoms with E-state index in [1.54, 1.807) is 6.26 Å². The van der Waals surface area contributed by atoms with E-state index in [0.717, 1.165) is 30.6 Å². The van der Waals surface area contributed by atoms with Gasteiger partial charge < -0.3 is 0 Å². The molecule has 0 nitrogen and oxygen atoms in total. The quantitative estimate of drug-likeness (QED) is 0.217. The van der Waals surface area contributed by atoms with Crippen LogP contribution in [0.4, 0.5) is 0 Å². The first-order valence-electron chi connectivity index (χ1n) is 17.9. The molecule has 2 aliphatic rings. The molecule has 268 valence electrons. The van der Waals surface area contributed by atoms with Crippen LogP contribution in [-0.4, -0.2) is 6.26 Å². The second-order valence-corrected chi connectivity index (χ2v) is 15.3. The molecule has 1 fully saturated rings. The molecule has 0 N–H and O–H groups in total. The molecule has 44 heavy (non-hydrogen) atoms. The summed E-state index contributed by atoms with van der Waals surface area (Å²) in [6, 6.07) is 0. The third-order valence-electron chi connectivity index (χ3n) is 7.47. The smallest absolute Gasteiger partial charge is 0.0163 e. The minimum absolute atomic E-state index is 0. The molecule has 1 heteroatoms. The molecule has 0 heterocycles. The first kappa shape index (κ1) is 55.7. The Balaban J connectivity index is -0.000000107. The molecule has 0 saturated heterocycles. The van der Waals surface area contributed by atoms with E-state index >= 15 is 0 Å². The van der Waals surface area contributed by atoms with Gasteiger partial charge >= 0.3 is 0 Å². The van der Waals surface area contributed by atoms with E-state index in [9.17, 15) is 0 Å². The maximum atomic E-state index is 4.27. The number of hydrogen-bond acceptors (Lipinski definition) is 1. The third kappa shape index (κ3) is 50.9. The lowest BCUT2D eigenvalue weighted by Crippen LogP contribution is -2.06. The molecule has 4 unspecified atom stereocenters. The highest BCUT2D eigenvalue weighted by Gasteiger charge is 2.18. The zero-order chi connectivity index (χ0) is 35.2. The number of allylic oxidation sites excluding steroid dienone is 5. The normalized spacial score (nSPS) is 19.1. The highest BCUT2D eigenvalue weighted by atomic mass is 32.1. The zero-order valence-electron chi connectivity index (χ0n) is 33.3. The van der Waals surface area contributed by atoms with E-state index in [-0.39, 0.29) is 7.43 Å². The molecule has 2 rings (SSSR count). The summed E-state index contributed by atoms with van der Waals surface area (Å²) in [6.45, 7) is 47.1. The average Bonchev–Trinajstić information content (AvgIpc) is 3.24. The topological polar surface area (TPSA) is 0 Å². The number of thiol groups is 1.